The zero-order valence-electron chi connectivity index (χ0n) is 6.52. The van der Waals surface area contributed by atoms with Gasteiger partial charge in [-0.2, -0.15) is 0 Å². The number of likely N-dealkylation sites (tertiary alicyclic amines) is 1. The van der Waals surface area contributed by atoms with Crippen molar-refractivity contribution in [2.45, 2.75) is 32.4 Å². The van der Waals surface area contributed by atoms with Crippen molar-refractivity contribution >= 4 is 0 Å². The van der Waals surface area contributed by atoms with E-state index < -0.39 is 0 Å². The molecule has 0 radical (unpaired) electrons. The lowest BCUT2D eigenvalue weighted by Crippen LogP contribution is -2.66. The summed E-state index contributed by atoms with van der Waals surface area (Å²) < 4.78 is 0. The maximum absolute atomic E-state index is 5.81. The standard InChI is InChI=1S/C7H16N2/c1-6(2)9-4-7(3,8)5-9/h6H,4-5,8H2,1-3H3. The van der Waals surface area contributed by atoms with Crippen LogP contribution in [0, 0.1) is 0 Å². The molecule has 1 fully saturated rings. The molecule has 54 valence electrons. The predicted molar refractivity (Wildman–Crippen MR) is 39.3 cm³/mol. The summed E-state index contributed by atoms with van der Waals surface area (Å²) in [7, 11) is 0. The lowest BCUT2D eigenvalue weighted by molar-refractivity contribution is 0.0538. The highest BCUT2D eigenvalue weighted by Gasteiger charge is 2.35. The van der Waals surface area contributed by atoms with Crippen LogP contribution in [0.15, 0.2) is 0 Å². The van der Waals surface area contributed by atoms with E-state index in [4.69, 9.17) is 5.73 Å². The summed E-state index contributed by atoms with van der Waals surface area (Å²) in [6.45, 7) is 8.63. The van der Waals surface area contributed by atoms with Crippen molar-refractivity contribution in [2.24, 2.45) is 5.73 Å². The summed E-state index contributed by atoms with van der Waals surface area (Å²) in [5, 5.41) is 0. The van der Waals surface area contributed by atoms with Crippen molar-refractivity contribution in [3.05, 3.63) is 0 Å². The van der Waals surface area contributed by atoms with Crippen LogP contribution in [0.2, 0.25) is 0 Å². The molecule has 0 atom stereocenters. The Morgan fingerprint density at radius 3 is 2.00 bits per heavy atom. The lowest BCUT2D eigenvalue weighted by Gasteiger charge is -2.47. The molecular formula is C7H16N2. The van der Waals surface area contributed by atoms with E-state index in [0.717, 1.165) is 13.1 Å². The third-order valence-electron chi connectivity index (χ3n) is 1.86. The third-order valence-corrected chi connectivity index (χ3v) is 1.86. The van der Waals surface area contributed by atoms with Crippen molar-refractivity contribution in [2.75, 3.05) is 13.1 Å². The third kappa shape index (κ3) is 1.43. The second-order valence-corrected chi connectivity index (χ2v) is 3.65. The maximum Gasteiger partial charge on any atom is 0.0384 e. The molecule has 0 aromatic rings. The number of hydrogen-bond donors (Lipinski definition) is 1. The first-order valence-corrected chi connectivity index (χ1v) is 3.54. The van der Waals surface area contributed by atoms with Crippen molar-refractivity contribution in [3.8, 4) is 0 Å². The van der Waals surface area contributed by atoms with E-state index in [0.29, 0.717) is 6.04 Å². The first-order chi connectivity index (χ1) is 4.01. The van der Waals surface area contributed by atoms with Crippen LogP contribution in [0.3, 0.4) is 0 Å². The molecule has 0 bridgehead atoms. The van der Waals surface area contributed by atoms with Crippen molar-refractivity contribution in [1.29, 1.82) is 0 Å². The van der Waals surface area contributed by atoms with Crippen LogP contribution in [0.1, 0.15) is 20.8 Å². The normalized spacial score (nSPS) is 26.3. The molecule has 0 spiro atoms. The molecule has 1 saturated heterocycles. The quantitative estimate of drug-likeness (QED) is 0.555. The van der Waals surface area contributed by atoms with Gasteiger partial charge in [0, 0.05) is 24.7 Å². The molecule has 9 heavy (non-hydrogen) atoms. The predicted octanol–water partition coefficient (Wildman–Crippen LogP) is 0.428. The van der Waals surface area contributed by atoms with Crippen LogP contribution in [-0.4, -0.2) is 29.6 Å². The first-order valence-electron chi connectivity index (χ1n) is 3.54. The fraction of sp³-hybridized carbons (Fsp3) is 1.00. The molecule has 0 amide bonds. The van der Waals surface area contributed by atoms with Gasteiger partial charge in [-0.25, -0.2) is 0 Å². The molecule has 1 aliphatic heterocycles. The molecule has 0 saturated carbocycles. The average molecular weight is 128 g/mol. The minimum Gasteiger partial charge on any atom is -0.323 e. The van der Waals surface area contributed by atoms with Gasteiger partial charge in [0.05, 0.1) is 0 Å². The molecule has 2 nitrogen and oxygen atoms in total. The second kappa shape index (κ2) is 1.96. The van der Waals surface area contributed by atoms with Gasteiger partial charge < -0.3 is 5.73 Å². The summed E-state index contributed by atoms with van der Waals surface area (Å²) in [5.41, 5.74) is 5.91. The van der Waals surface area contributed by atoms with E-state index >= 15 is 0 Å². The molecule has 0 aromatic heterocycles. The number of rotatable bonds is 1. The zero-order valence-corrected chi connectivity index (χ0v) is 6.52. The Bertz CT molecular complexity index is 99.5. The zero-order chi connectivity index (χ0) is 7.07. The topological polar surface area (TPSA) is 29.3 Å². The molecule has 0 unspecified atom stereocenters. The Morgan fingerprint density at radius 2 is 1.89 bits per heavy atom. The molecule has 1 heterocycles. The molecule has 0 aromatic carbocycles. The minimum atomic E-state index is 0.101. The van der Waals surface area contributed by atoms with Crippen molar-refractivity contribution < 1.29 is 0 Å². The number of nitrogens with zero attached hydrogens (tertiary/aromatic N) is 1. The molecule has 2 N–H and O–H groups in total. The Kier molecular flexibility index (Phi) is 1.53. The molecule has 2 heteroatoms. The summed E-state index contributed by atoms with van der Waals surface area (Å²) in [6, 6.07) is 0.668. The summed E-state index contributed by atoms with van der Waals surface area (Å²) in [6.07, 6.45) is 0. The molecule has 0 aliphatic carbocycles. The van der Waals surface area contributed by atoms with E-state index in [-0.39, 0.29) is 5.54 Å². The Balaban J connectivity index is 2.27. The SMILES string of the molecule is CC(C)N1CC(C)(N)C1. The van der Waals surface area contributed by atoms with Gasteiger partial charge >= 0.3 is 0 Å². The van der Waals surface area contributed by atoms with E-state index in [1.807, 2.05) is 0 Å². The van der Waals surface area contributed by atoms with Gasteiger partial charge in [-0.1, -0.05) is 0 Å². The summed E-state index contributed by atoms with van der Waals surface area (Å²) in [4.78, 5) is 2.38. The molecular weight excluding hydrogens is 112 g/mol. The minimum absolute atomic E-state index is 0.101. The largest absolute Gasteiger partial charge is 0.323 e. The van der Waals surface area contributed by atoms with Crippen LogP contribution in [0.5, 0.6) is 0 Å². The van der Waals surface area contributed by atoms with Crippen molar-refractivity contribution in [3.63, 3.8) is 0 Å². The van der Waals surface area contributed by atoms with Gasteiger partial charge in [0.15, 0.2) is 0 Å². The van der Waals surface area contributed by atoms with Gasteiger partial charge in [-0.15, -0.1) is 0 Å². The van der Waals surface area contributed by atoms with Crippen LogP contribution < -0.4 is 5.73 Å². The Hall–Kier alpha value is -0.0800. The number of hydrogen-bond acceptors (Lipinski definition) is 2. The highest BCUT2D eigenvalue weighted by atomic mass is 15.3. The monoisotopic (exact) mass is 128 g/mol. The van der Waals surface area contributed by atoms with Crippen LogP contribution >= 0.6 is 0 Å². The van der Waals surface area contributed by atoms with E-state index in [1.165, 1.54) is 0 Å². The van der Waals surface area contributed by atoms with Gasteiger partial charge in [-0.3, -0.25) is 4.90 Å². The van der Waals surface area contributed by atoms with Crippen molar-refractivity contribution in [1.82, 2.24) is 4.90 Å². The van der Waals surface area contributed by atoms with Gasteiger partial charge in [0.2, 0.25) is 0 Å². The second-order valence-electron chi connectivity index (χ2n) is 3.65. The van der Waals surface area contributed by atoms with Gasteiger partial charge in [0.1, 0.15) is 0 Å². The number of nitrogens with two attached hydrogens (primary N) is 1. The van der Waals surface area contributed by atoms with E-state index in [1.54, 1.807) is 0 Å². The fourth-order valence-electron chi connectivity index (χ4n) is 1.25. The van der Waals surface area contributed by atoms with Crippen LogP contribution in [0.4, 0.5) is 0 Å². The lowest BCUT2D eigenvalue weighted by atomic mass is 9.92. The van der Waals surface area contributed by atoms with Gasteiger partial charge in [0.25, 0.3) is 0 Å². The Labute approximate surface area is 57.0 Å². The van der Waals surface area contributed by atoms with Crippen LogP contribution in [-0.2, 0) is 0 Å². The van der Waals surface area contributed by atoms with E-state index in [2.05, 4.69) is 25.7 Å². The molecule has 1 aliphatic rings. The summed E-state index contributed by atoms with van der Waals surface area (Å²) in [5.74, 6) is 0. The maximum atomic E-state index is 5.81. The highest BCUT2D eigenvalue weighted by molar-refractivity contribution is 4.96. The van der Waals surface area contributed by atoms with E-state index in [9.17, 15) is 0 Å². The highest BCUT2D eigenvalue weighted by Crippen LogP contribution is 2.18. The fourth-order valence-corrected chi connectivity index (χ4v) is 1.25. The average Bonchev–Trinajstić information content (AvgIpc) is 1.59. The Morgan fingerprint density at radius 1 is 1.44 bits per heavy atom. The first kappa shape index (κ1) is 7.03. The van der Waals surface area contributed by atoms with Crippen LogP contribution in [0.25, 0.3) is 0 Å². The smallest absolute Gasteiger partial charge is 0.0384 e. The summed E-state index contributed by atoms with van der Waals surface area (Å²) >= 11 is 0. The van der Waals surface area contributed by atoms with Gasteiger partial charge in [-0.05, 0) is 20.8 Å². The molecule has 1 rings (SSSR count).